The van der Waals surface area contributed by atoms with Gasteiger partial charge in [-0.25, -0.2) is 13.6 Å². The summed E-state index contributed by atoms with van der Waals surface area (Å²) in [6.45, 7) is 3.77. The van der Waals surface area contributed by atoms with Crippen LogP contribution in [0.2, 0.25) is 0 Å². The second-order valence-corrected chi connectivity index (χ2v) is 25.0. The summed E-state index contributed by atoms with van der Waals surface area (Å²) < 4.78 is 69.2. The SMILES string of the molecule is COc1cc2c(cc1OCCP(=O)(CCOc1cc3c(cc1OC)C(=O)N1C[C@H](F)C[C@H]1CN3)N(C)CCCC(=O)NCCNC(=O)[C@@H](CCCNC(N)=O)NC(=O)[C@H](NC(=O)CCCN1C(=O)C=CC1=O)C(C)C)N=C[C@@H]1C[C@@H](F)CN1C2=O. The maximum absolute atomic E-state index is 15.2. The van der Waals surface area contributed by atoms with Crippen molar-refractivity contribution in [1.29, 1.82) is 0 Å². The van der Waals surface area contributed by atoms with Crippen molar-refractivity contribution in [1.82, 2.24) is 46.0 Å². The van der Waals surface area contributed by atoms with Crippen LogP contribution in [-0.2, 0) is 33.3 Å². The number of nitrogens with one attached hydrogen (secondary N) is 6. The van der Waals surface area contributed by atoms with E-state index in [4.69, 9.17) is 24.7 Å². The van der Waals surface area contributed by atoms with E-state index in [1.165, 1.54) is 36.2 Å². The van der Waals surface area contributed by atoms with Crippen molar-refractivity contribution in [2.24, 2.45) is 16.6 Å². The first-order valence-electron chi connectivity index (χ1n) is 28.5. The molecule has 5 heterocycles. The number of carbonyl (C=O) groups is 9. The number of alkyl halides is 2. The highest BCUT2D eigenvalue weighted by atomic mass is 31.2. The van der Waals surface area contributed by atoms with Gasteiger partial charge in [-0.2, -0.15) is 0 Å². The van der Waals surface area contributed by atoms with Crippen LogP contribution in [0.1, 0.15) is 85.9 Å². The van der Waals surface area contributed by atoms with Crippen molar-refractivity contribution in [2.45, 2.75) is 102 Å². The zero-order valence-electron chi connectivity index (χ0n) is 48.5. The minimum absolute atomic E-state index is 0.00213. The number of nitrogens with zero attached hydrogens (tertiary/aromatic N) is 5. The number of anilines is 1. The first-order valence-corrected chi connectivity index (χ1v) is 30.5. The fourth-order valence-electron chi connectivity index (χ4n) is 10.6. The Morgan fingerprint density at radius 1 is 0.765 bits per heavy atom. The third kappa shape index (κ3) is 16.9. The lowest BCUT2D eigenvalue weighted by atomic mass is 10.0. The van der Waals surface area contributed by atoms with Gasteiger partial charge in [0.2, 0.25) is 23.6 Å². The molecule has 85 heavy (non-hydrogen) atoms. The number of hydrogen-bond donors (Lipinski definition) is 7. The van der Waals surface area contributed by atoms with Crippen LogP contribution in [0.4, 0.5) is 25.0 Å². The molecule has 464 valence electrons. The average Bonchev–Trinajstić information content (AvgIpc) is 3.52. The number of urea groups is 1. The Balaban J connectivity index is 0.940. The van der Waals surface area contributed by atoms with Crippen LogP contribution in [0, 0.1) is 5.92 Å². The molecule has 7 rings (SSSR count). The third-order valence-corrected chi connectivity index (χ3v) is 18.5. The van der Waals surface area contributed by atoms with Crippen molar-refractivity contribution < 1.29 is 75.4 Å². The van der Waals surface area contributed by atoms with Crippen LogP contribution in [0.25, 0.3) is 0 Å². The molecule has 0 bridgehead atoms. The van der Waals surface area contributed by atoms with Gasteiger partial charge in [0, 0.05) is 108 Å². The lowest BCUT2D eigenvalue weighted by molar-refractivity contribution is -0.137. The predicted molar refractivity (Wildman–Crippen MR) is 308 cm³/mol. The fourth-order valence-corrected chi connectivity index (χ4v) is 12.8. The molecule has 0 aromatic heterocycles. The largest absolute Gasteiger partial charge is 0.493 e. The molecule has 2 fully saturated rings. The second-order valence-electron chi connectivity index (χ2n) is 21.7. The highest BCUT2D eigenvalue weighted by molar-refractivity contribution is 7.61. The number of hydrogen-bond acceptors (Lipinski definition) is 16. The van der Waals surface area contributed by atoms with Gasteiger partial charge >= 0.3 is 6.03 Å². The van der Waals surface area contributed by atoms with Gasteiger partial charge in [0.25, 0.3) is 23.6 Å². The van der Waals surface area contributed by atoms with Gasteiger partial charge in [-0.15, -0.1) is 0 Å². The smallest absolute Gasteiger partial charge is 0.312 e. The fraction of sp³-hybridized carbons (Fsp3) is 0.571. The van der Waals surface area contributed by atoms with Gasteiger partial charge in [-0.1, -0.05) is 13.8 Å². The molecule has 8 N–H and O–H groups in total. The zero-order valence-corrected chi connectivity index (χ0v) is 49.4. The maximum Gasteiger partial charge on any atom is 0.312 e. The first-order chi connectivity index (χ1) is 40.6. The minimum Gasteiger partial charge on any atom is -0.493 e. The number of imide groups is 1. The van der Waals surface area contributed by atoms with Crippen LogP contribution >= 0.6 is 7.29 Å². The molecule has 2 aromatic rings. The predicted octanol–water partition coefficient (Wildman–Crippen LogP) is 2.41. The summed E-state index contributed by atoms with van der Waals surface area (Å²) in [6, 6.07) is 2.44. The van der Waals surface area contributed by atoms with E-state index in [1.54, 1.807) is 43.9 Å². The number of benzene rings is 2. The summed E-state index contributed by atoms with van der Waals surface area (Å²) >= 11 is 0. The Morgan fingerprint density at radius 2 is 1.39 bits per heavy atom. The van der Waals surface area contributed by atoms with E-state index < -0.39 is 85.2 Å². The Kier molecular flexibility index (Phi) is 22.7. The van der Waals surface area contributed by atoms with E-state index in [9.17, 15) is 51.9 Å². The Labute approximate surface area is 491 Å². The molecule has 5 aliphatic rings. The monoisotopic (exact) mass is 1210 g/mol. The van der Waals surface area contributed by atoms with E-state index in [2.05, 4.69) is 36.9 Å². The minimum atomic E-state index is -3.43. The number of methoxy groups -OCH3 is 2. The van der Waals surface area contributed by atoms with E-state index in [-0.39, 0.29) is 169 Å². The Bertz CT molecular complexity index is 2930. The maximum atomic E-state index is 15.2. The van der Waals surface area contributed by atoms with Crippen molar-refractivity contribution in [3.05, 3.63) is 47.5 Å². The van der Waals surface area contributed by atoms with Gasteiger partial charge in [-0.05, 0) is 50.8 Å². The van der Waals surface area contributed by atoms with E-state index in [0.717, 1.165) is 17.1 Å². The van der Waals surface area contributed by atoms with Gasteiger partial charge in [0.1, 0.15) is 24.4 Å². The Hall–Kier alpha value is -7.87. The number of amides is 10. The number of nitrogens with two attached hydrogens (primary N) is 1. The summed E-state index contributed by atoms with van der Waals surface area (Å²) in [5.41, 5.74) is 6.50. The summed E-state index contributed by atoms with van der Waals surface area (Å²) in [4.78, 5) is 124. The van der Waals surface area contributed by atoms with Crippen molar-refractivity contribution in [2.75, 3.05) is 104 Å². The van der Waals surface area contributed by atoms with Crippen molar-refractivity contribution in [3.63, 3.8) is 0 Å². The normalized spacial score (nSPS) is 20.0. The standard InChI is InChI=1S/C56H77F2N12O14P/c1-33(2)51(66-48(72)11-8-18-68-49(73)12-13-50(68)74)53(76)65-40(9-6-14-62-56(59)79)52(75)61-16-15-60-47(71)10-7-17-67(3)85(80,21-19-83-45-27-41-38(25-43(45)81-4)54(77)69-31-34(57)23-36(69)29-63-41)22-20-84-46-28-42-39(26-44(46)82-5)55(78)70-32-35(58)24-37(70)30-64-42/h12-13,25-29,33-37,40,51,64H,6-11,14-24,30-32H2,1-5H3,(H,60,71)(H,61,75)(H,65,76)(H,66,72)(H3,59,62,79)/t34-,35-,36+,37+,40-,51-,85?/m1/s1. The molecule has 2 aromatic carbocycles. The molecule has 0 saturated carbocycles. The van der Waals surface area contributed by atoms with E-state index >= 15 is 4.57 Å². The molecular weight excluding hydrogens is 1130 g/mol. The highest BCUT2D eigenvalue weighted by Gasteiger charge is 2.40. The molecule has 26 nitrogen and oxygen atoms in total. The van der Waals surface area contributed by atoms with Crippen molar-refractivity contribution in [3.8, 4) is 23.0 Å². The summed E-state index contributed by atoms with van der Waals surface area (Å²) in [5, 5.41) is 16.5. The first kappa shape index (κ1) is 64.7. The average molecular weight is 1210 g/mol. The number of halogens is 2. The van der Waals surface area contributed by atoms with Gasteiger partial charge in [0.05, 0.1) is 75.1 Å². The van der Waals surface area contributed by atoms with Crippen LogP contribution in [0.3, 0.4) is 0 Å². The molecule has 29 heteroatoms. The van der Waals surface area contributed by atoms with E-state index in [1.807, 2.05) is 0 Å². The lowest BCUT2D eigenvalue weighted by Crippen LogP contribution is -2.55. The molecular formula is C56H77F2N12O14P. The van der Waals surface area contributed by atoms with Crippen molar-refractivity contribution >= 4 is 78.2 Å². The second kappa shape index (κ2) is 29.8. The number of aliphatic imine (C=N–C) groups is 1. The number of ether oxygens (including phenoxy) is 4. The Morgan fingerprint density at radius 3 is 2.06 bits per heavy atom. The summed E-state index contributed by atoms with van der Waals surface area (Å²) in [7, 11) is 1.06. The number of fused-ring (bicyclic) bond motifs is 4. The number of carbonyl (C=O) groups excluding carboxylic acids is 9. The van der Waals surface area contributed by atoms with Gasteiger partial charge in [0.15, 0.2) is 30.3 Å². The topological polar surface area (TPSA) is 331 Å². The van der Waals surface area contributed by atoms with Gasteiger partial charge < -0.3 is 70.9 Å². The molecule has 0 spiro atoms. The number of primary amides is 1. The van der Waals surface area contributed by atoms with Crippen LogP contribution < -0.4 is 56.6 Å². The molecule has 5 aliphatic heterocycles. The quantitative estimate of drug-likeness (QED) is 0.0324. The van der Waals surface area contributed by atoms with Crippen LogP contribution in [-0.4, -0.2) is 215 Å². The molecule has 0 aliphatic carbocycles. The molecule has 7 atom stereocenters. The number of rotatable bonds is 31. The highest BCUT2D eigenvalue weighted by Crippen LogP contribution is 2.49. The molecule has 10 amide bonds. The lowest BCUT2D eigenvalue weighted by Gasteiger charge is -2.29. The summed E-state index contributed by atoms with van der Waals surface area (Å²) in [5.74, 6) is -3.26. The van der Waals surface area contributed by atoms with Crippen LogP contribution in [0.5, 0.6) is 23.0 Å². The zero-order chi connectivity index (χ0) is 61.5. The molecule has 1 unspecified atom stereocenters. The van der Waals surface area contributed by atoms with Crippen LogP contribution in [0.15, 0.2) is 41.4 Å². The molecule has 0 radical (unpaired) electrons. The third-order valence-electron chi connectivity index (χ3n) is 15.3. The van der Waals surface area contributed by atoms with E-state index in [0.29, 0.717) is 23.5 Å². The summed E-state index contributed by atoms with van der Waals surface area (Å²) in [6.07, 6.45) is 2.51. The molecule has 2 saturated heterocycles. The van der Waals surface area contributed by atoms with Gasteiger partial charge in [-0.3, -0.25) is 52.9 Å².